The summed E-state index contributed by atoms with van der Waals surface area (Å²) in [6, 6.07) is 4.40. The first kappa shape index (κ1) is 17.9. The fourth-order valence-electron chi connectivity index (χ4n) is 2.56. The summed E-state index contributed by atoms with van der Waals surface area (Å²) in [6.45, 7) is 1.82. The van der Waals surface area contributed by atoms with Crippen LogP contribution in [0.2, 0.25) is 5.02 Å². The molecule has 128 valence electrons. The molecule has 1 fully saturated rings. The summed E-state index contributed by atoms with van der Waals surface area (Å²) in [7, 11) is 1.44. The molecule has 1 heterocycles. The van der Waals surface area contributed by atoms with Crippen LogP contribution >= 0.6 is 11.6 Å². The number of halogens is 4. The Kier molecular flexibility index (Phi) is 5.41. The van der Waals surface area contributed by atoms with Crippen molar-refractivity contribution in [2.45, 2.75) is 31.7 Å². The lowest BCUT2D eigenvalue weighted by Crippen LogP contribution is -2.63. The average molecular weight is 350 g/mol. The van der Waals surface area contributed by atoms with Crippen molar-refractivity contribution in [3.8, 4) is 0 Å². The molecule has 8 heteroatoms. The normalized spacial score (nSPS) is 23.0. The van der Waals surface area contributed by atoms with Crippen LogP contribution in [0.15, 0.2) is 24.3 Å². The molecule has 2 atom stereocenters. The van der Waals surface area contributed by atoms with Gasteiger partial charge in [0.05, 0.1) is 0 Å². The summed E-state index contributed by atoms with van der Waals surface area (Å²) in [4.78, 5) is 14.7. The second kappa shape index (κ2) is 6.97. The molecule has 1 aromatic carbocycles. The molecule has 0 aliphatic carbocycles. The molecule has 4 nitrogen and oxygen atoms in total. The third kappa shape index (κ3) is 4.51. The first-order valence-electron chi connectivity index (χ1n) is 7.24. The van der Waals surface area contributed by atoms with Gasteiger partial charge in [-0.1, -0.05) is 23.7 Å². The van der Waals surface area contributed by atoms with Crippen LogP contribution in [-0.4, -0.2) is 54.2 Å². The van der Waals surface area contributed by atoms with Gasteiger partial charge in [0.1, 0.15) is 6.04 Å². The van der Waals surface area contributed by atoms with Crippen LogP contribution in [0, 0.1) is 0 Å². The van der Waals surface area contributed by atoms with Crippen LogP contribution in [0.1, 0.15) is 12.5 Å². The minimum absolute atomic E-state index is 0.243. The van der Waals surface area contributed by atoms with Crippen molar-refractivity contribution in [2.24, 2.45) is 0 Å². The van der Waals surface area contributed by atoms with E-state index < -0.39 is 18.2 Å². The number of likely N-dealkylation sites (N-methyl/N-ethyl adjacent to an activating group) is 1. The highest BCUT2D eigenvalue weighted by molar-refractivity contribution is 6.30. The molecular weight excluding hydrogens is 331 g/mol. The van der Waals surface area contributed by atoms with E-state index in [1.54, 1.807) is 31.2 Å². The zero-order valence-electron chi connectivity index (χ0n) is 12.9. The summed E-state index contributed by atoms with van der Waals surface area (Å²) in [5.41, 5.74) is 0.831. The van der Waals surface area contributed by atoms with E-state index in [4.69, 9.17) is 11.6 Å². The Morgan fingerprint density at radius 3 is 2.48 bits per heavy atom. The lowest BCUT2D eigenvalue weighted by Gasteiger charge is -2.44. The Morgan fingerprint density at radius 1 is 1.30 bits per heavy atom. The highest BCUT2D eigenvalue weighted by atomic mass is 35.5. The average Bonchev–Trinajstić information content (AvgIpc) is 2.47. The lowest BCUT2D eigenvalue weighted by atomic mass is 10.1. The van der Waals surface area contributed by atoms with Crippen molar-refractivity contribution in [2.75, 3.05) is 20.1 Å². The summed E-state index contributed by atoms with van der Waals surface area (Å²) < 4.78 is 39.2. The van der Waals surface area contributed by atoms with E-state index in [1.807, 2.05) is 0 Å². The molecule has 2 unspecified atom stereocenters. The number of benzene rings is 1. The highest BCUT2D eigenvalue weighted by Crippen LogP contribution is 2.29. The maximum absolute atomic E-state index is 13.1. The van der Waals surface area contributed by atoms with Gasteiger partial charge in [0.15, 0.2) is 0 Å². The van der Waals surface area contributed by atoms with Crippen LogP contribution < -0.4 is 5.32 Å². The summed E-state index contributed by atoms with van der Waals surface area (Å²) in [5.74, 6) is 0. The van der Waals surface area contributed by atoms with Gasteiger partial charge in [0, 0.05) is 30.7 Å². The second-order valence-electron chi connectivity index (χ2n) is 5.76. The molecule has 23 heavy (non-hydrogen) atoms. The van der Waals surface area contributed by atoms with Crippen LogP contribution in [0.5, 0.6) is 0 Å². The van der Waals surface area contributed by atoms with Gasteiger partial charge in [-0.3, -0.25) is 4.90 Å². The van der Waals surface area contributed by atoms with E-state index in [2.05, 4.69) is 5.32 Å². The molecule has 0 bridgehead atoms. The zero-order chi connectivity index (χ0) is 17.2. The molecule has 0 saturated carbocycles. The van der Waals surface area contributed by atoms with Gasteiger partial charge in [-0.25, -0.2) is 4.79 Å². The Hall–Kier alpha value is -1.47. The third-order valence-electron chi connectivity index (χ3n) is 4.09. The van der Waals surface area contributed by atoms with Crippen molar-refractivity contribution < 1.29 is 18.0 Å². The summed E-state index contributed by atoms with van der Waals surface area (Å²) in [6.07, 6.45) is -4.36. The van der Waals surface area contributed by atoms with Gasteiger partial charge in [-0.2, -0.15) is 13.2 Å². The van der Waals surface area contributed by atoms with E-state index in [1.165, 1.54) is 16.8 Å². The van der Waals surface area contributed by atoms with Crippen LogP contribution in [0.4, 0.5) is 18.0 Å². The molecule has 0 radical (unpaired) electrons. The van der Waals surface area contributed by atoms with Gasteiger partial charge < -0.3 is 10.2 Å². The van der Waals surface area contributed by atoms with Crippen molar-refractivity contribution in [1.29, 1.82) is 0 Å². The maximum atomic E-state index is 13.1. The quantitative estimate of drug-likeness (QED) is 0.890. The number of urea groups is 1. The molecule has 1 aliphatic rings. The molecular formula is C15H19ClF3N3O. The van der Waals surface area contributed by atoms with E-state index in [-0.39, 0.29) is 25.7 Å². The highest BCUT2D eigenvalue weighted by Gasteiger charge is 2.47. The van der Waals surface area contributed by atoms with Crippen LogP contribution in [-0.2, 0) is 6.54 Å². The van der Waals surface area contributed by atoms with Crippen molar-refractivity contribution >= 4 is 17.6 Å². The van der Waals surface area contributed by atoms with Gasteiger partial charge in [-0.15, -0.1) is 0 Å². The minimum Gasteiger partial charge on any atom is -0.334 e. The van der Waals surface area contributed by atoms with Gasteiger partial charge in [0.25, 0.3) is 0 Å². The molecule has 1 aromatic rings. The number of nitrogens with zero attached hydrogens (tertiary/aromatic N) is 2. The maximum Gasteiger partial charge on any atom is 0.405 e. The van der Waals surface area contributed by atoms with Gasteiger partial charge in [-0.05, 0) is 31.7 Å². The topological polar surface area (TPSA) is 35.6 Å². The number of carbonyl (C=O) groups is 1. The number of alkyl halides is 3. The monoisotopic (exact) mass is 349 g/mol. The van der Waals surface area contributed by atoms with Crippen molar-refractivity contribution in [3.05, 3.63) is 34.9 Å². The second-order valence-corrected chi connectivity index (χ2v) is 6.20. The summed E-state index contributed by atoms with van der Waals surface area (Å²) >= 11 is 5.78. The Bertz CT molecular complexity index is 550. The number of carbonyl (C=O) groups excluding carboxylic acids is 1. The van der Waals surface area contributed by atoms with Crippen molar-refractivity contribution in [3.63, 3.8) is 0 Å². The standard InChI is InChI=1S/C15H19ClF3N3O/c1-10-8-22(9-13(21(10)2)15(17,18)19)14(23)20-7-11-3-5-12(16)6-4-11/h3-6,10,13H,7-9H2,1-2H3,(H,20,23). The van der Waals surface area contributed by atoms with E-state index in [0.717, 1.165) is 5.56 Å². The molecule has 0 aromatic heterocycles. The van der Waals surface area contributed by atoms with E-state index in [0.29, 0.717) is 5.02 Å². The molecule has 1 saturated heterocycles. The first-order chi connectivity index (χ1) is 10.7. The molecule has 2 amide bonds. The zero-order valence-corrected chi connectivity index (χ0v) is 13.7. The smallest absolute Gasteiger partial charge is 0.334 e. The summed E-state index contributed by atoms with van der Waals surface area (Å²) in [5, 5.41) is 3.24. The fourth-order valence-corrected chi connectivity index (χ4v) is 2.68. The van der Waals surface area contributed by atoms with E-state index >= 15 is 0 Å². The fraction of sp³-hybridized carbons (Fsp3) is 0.533. The predicted octanol–water partition coefficient (Wildman–Crippen LogP) is 3.12. The van der Waals surface area contributed by atoms with Crippen LogP contribution in [0.3, 0.4) is 0 Å². The van der Waals surface area contributed by atoms with Gasteiger partial charge in [0.2, 0.25) is 0 Å². The Balaban J connectivity index is 1.97. The molecule has 2 rings (SSSR count). The SMILES string of the molecule is CC1CN(C(=O)NCc2ccc(Cl)cc2)CC(C(F)(F)F)N1C. The predicted molar refractivity (Wildman–Crippen MR) is 82.3 cm³/mol. The number of rotatable bonds is 2. The van der Waals surface area contributed by atoms with E-state index in [9.17, 15) is 18.0 Å². The number of amides is 2. The minimum atomic E-state index is -4.36. The molecule has 1 aliphatic heterocycles. The van der Waals surface area contributed by atoms with Crippen molar-refractivity contribution in [1.82, 2.24) is 15.1 Å². The first-order valence-corrected chi connectivity index (χ1v) is 7.62. The number of nitrogens with one attached hydrogen (secondary N) is 1. The van der Waals surface area contributed by atoms with Gasteiger partial charge >= 0.3 is 12.2 Å². The lowest BCUT2D eigenvalue weighted by molar-refractivity contribution is -0.196. The largest absolute Gasteiger partial charge is 0.405 e. The Morgan fingerprint density at radius 2 is 1.91 bits per heavy atom. The molecule has 1 N–H and O–H groups in total. The third-order valence-corrected chi connectivity index (χ3v) is 4.34. The Labute approximate surface area is 138 Å². The van der Waals surface area contributed by atoms with Crippen LogP contribution in [0.25, 0.3) is 0 Å². The molecule has 0 spiro atoms. The number of hydrogen-bond donors (Lipinski definition) is 1. The number of hydrogen-bond acceptors (Lipinski definition) is 2. The number of piperazine rings is 1.